The average molecular weight is 391 g/mol. The number of ether oxygens (including phenoxy) is 2. The molecule has 0 aliphatic carbocycles. The highest BCUT2D eigenvalue weighted by Gasteiger charge is 2.15. The SMILES string of the molecule is CCOC(=O)Cc1csc(=Nc2ccccc2)n1CCC[NH+]1CCOCC1. The second kappa shape index (κ2) is 10.4. The molecule has 1 saturated heterocycles. The Morgan fingerprint density at radius 1 is 1.30 bits per heavy atom. The fourth-order valence-corrected chi connectivity index (χ4v) is 4.15. The number of hydrogen-bond acceptors (Lipinski definition) is 5. The summed E-state index contributed by atoms with van der Waals surface area (Å²) >= 11 is 1.58. The van der Waals surface area contributed by atoms with Gasteiger partial charge in [0.15, 0.2) is 4.80 Å². The lowest BCUT2D eigenvalue weighted by Gasteiger charge is -2.23. The number of nitrogens with one attached hydrogen (secondary N) is 1. The van der Waals surface area contributed by atoms with Gasteiger partial charge >= 0.3 is 5.97 Å². The number of quaternary nitrogens is 1. The van der Waals surface area contributed by atoms with E-state index in [4.69, 9.17) is 14.5 Å². The summed E-state index contributed by atoms with van der Waals surface area (Å²) in [6, 6.07) is 9.94. The van der Waals surface area contributed by atoms with E-state index in [2.05, 4.69) is 4.57 Å². The number of thiazole rings is 1. The second-order valence-electron chi connectivity index (χ2n) is 6.56. The molecule has 2 heterocycles. The predicted octanol–water partition coefficient (Wildman–Crippen LogP) is 1.19. The molecule has 1 aliphatic rings. The van der Waals surface area contributed by atoms with Gasteiger partial charge in [-0.1, -0.05) is 18.2 Å². The van der Waals surface area contributed by atoms with E-state index < -0.39 is 0 Å². The van der Waals surface area contributed by atoms with Crippen molar-refractivity contribution in [2.24, 2.45) is 4.99 Å². The molecule has 1 aliphatic heterocycles. The molecule has 0 bridgehead atoms. The van der Waals surface area contributed by atoms with Gasteiger partial charge in [0, 0.05) is 24.0 Å². The Labute approximate surface area is 164 Å². The van der Waals surface area contributed by atoms with Crippen LogP contribution >= 0.6 is 11.3 Å². The van der Waals surface area contributed by atoms with Crippen molar-refractivity contribution in [3.63, 3.8) is 0 Å². The van der Waals surface area contributed by atoms with E-state index in [0.717, 1.165) is 62.0 Å². The zero-order chi connectivity index (χ0) is 18.9. The summed E-state index contributed by atoms with van der Waals surface area (Å²) < 4.78 is 12.7. The molecule has 1 aromatic carbocycles. The van der Waals surface area contributed by atoms with Crippen LogP contribution in [-0.4, -0.2) is 50.0 Å². The van der Waals surface area contributed by atoms with Gasteiger partial charge in [0.1, 0.15) is 13.1 Å². The molecule has 1 fully saturated rings. The molecule has 0 saturated carbocycles. The lowest BCUT2D eigenvalue weighted by atomic mass is 10.3. The van der Waals surface area contributed by atoms with Crippen LogP contribution in [0.4, 0.5) is 5.69 Å². The maximum Gasteiger partial charge on any atom is 0.311 e. The van der Waals surface area contributed by atoms with Gasteiger partial charge in [-0.15, -0.1) is 11.3 Å². The summed E-state index contributed by atoms with van der Waals surface area (Å²) in [6.07, 6.45) is 1.34. The van der Waals surface area contributed by atoms with Gasteiger partial charge in [-0.05, 0) is 19.1 Å². The van der Waals surface area contributed by atoms with Gasteiger partial charge in [-0.2, -0.15) is 0 Å². The quantitative estimate of drug-likeness (QED) is 0.689. The third kappa shape index (κ3) is 6.02. The van der Waals surface area contributed by atoms with Crippen molar-refractivity contribution in [3.8, 4) is 0 Å². The first-order chi connectivity index (χ1) is 13.3. The average Bonchev–Trinajstić information content (AvgIpc) is 3.05. The molecule has 0 spiro atoms. The molecule has 2 aromatic rings. The van der Waals surface area contributed by atoms with Gasteiger partial charge in [-0.3, -0.25) is 4.79 Å². The molecular weight excluding hydrogens is 362 g/mol. The second-order valence-corrected chi connectivity index (χ2v) is 7.39. The van der Waals surface area contributed by atoms with Gasteiger partial charge in [-0.25, -0.2) is 4.99 Å². The first kappa shape index (κ1) is 19.8. The van der Waals surface area contributed by atoms with E-state index in [1.807, 2.05) is 42.6 Å². The molecule has 0 atom stereocenters. The Hall–Kier alpha value is -1.96. The number of carbonyl (C=O) groups is 1. The summed E-state index contributed by atoms with van der Waals surface area (Å²) in [7, 11) is 0. The van der Waals surface area contributed by atoms with Crippen LogP contribution in [0.2, 0.25) is 0 Å². The van der Waals surface area contributed by atoms with Crippen molar-refractivity contribution in [1.82, 2.24) is 4.57 Å². The summed E-state index contributed by atoms with van der Waals surface area (Å²) in [5.74, 6) is -0.186. The number of aromatic nitrogens is 1. The summed E-state index contributed by atoms with van der Waals surface area (Å²) in [4.78, 5) is 19.3. The van der Waals surface area contributed by atoms with Gasteiger partial charge < -0.3 is 18.9 Å². The standard InChI is InChI=1S/C20H27N3O3S/c1-2-26-19(24)15-18-16-27-20(21-17-7-4-3-5-8-17)23(18)10-6-9-22-11-13-25-14-12-22/h3-5,7-8,16H,2,6,9-15H2,1H3/p+1. The third-order valence-corrected chi connectivity index (χ3v) is 5.51. The fourth-order valence-electron chi connectivity index (χ4n) is 3.20. The van der Waals surface area contributed by atoms with Crippen molar-refractivity contribution >= 4 is 23.0 Å². The zero-order valence-corrected chi connectivity index (χ0v) is 16.7. The summed E-state index contributed by atoms with van der Waals surface area (Å²) in [5.41, 5.74) is 1.90. The number of benzene rings is 1. The van der Waals surface area contributed by atoms with Crippen molar-refractivity contribution in [2.45, 2.75) is 26.3 Å². The summed E-state index contributed by atoms with van der Waals surface area (Å²) in [6.45, 7) is 8.05. The van der Waals surface area contributed by atoms with E-state index in [9.17, 15) is 4.79 Å². The van der Waals surface area contributed by atoms with Crippen LogP contribution in [0.25, 0.3) is 0 Å². The highest BCUT2D eigenvalue weighted by atomic mass is 32.1. The number of rotatable bonds is 8. The summed E-state index contributed by atoms with van der Waals surface area (Å²) in [5, 5.41) is 2.03. The van der Waals surface area contributed by atoms with Crippen LogP contribution in [-0.2, 0) is 27.2 Å². The highest BCUT2D eigenvalue weighted by Crippen LogP contribution is 2.11. The van der Waals surface area contributed by atoms with E-state index in [0.29, 0.717) is 13.0 Å². The fraction of sp³-hybridized carbons (Fsp3) is 0.500. The molecule has 0 unspecified atom stereocenters. The Morgan fingerprint density at radius 3 is 2.81 bits per heavy atom. The zero-order valence-electron chi connectivity index (χ0n) is 15.9. The van der Waals surface area contributed by atoms with Gasteiger partial charge in [0.25, 0.3) is 0 Å². The molecule has 146 valence electrons. The maximum atomic E-state index is 12.0. The van der Waals surface area contributed by atoms with Crippen LogP contribution in [0, 0.1) is 0 Å². The van der Waals surface area contributed by atoms with Gasteiger partial charge in [0.2, 0.25) is 0 Å². The Balaban J connectivity index is 1.75. The lowest BCUT2D eigenvalue weighted by Crippen LogP contribution is -3.14. The van der Waals surface area contributed by atoms with Crippen molar-refractivity contribution in [2.75, 3.05) is 39.5 Å². The Bertz CT molecular complexity index is 779. The molecule has 6 nitrogen and oxygen atoms in total. The largest absolute Gasteiger partial charge is 0.466 e. The number of esters is 1. The molecule has 3 rings (SSSR count). The number of para-hydroxylation sites is 1. The third-order valence-electron chi connectivity index (χ3n) is 4.60. The monoisotopic (exact) mass is 390 g/mol. The number of morpholine rings is 1. The van der Waals surface area contributed by atoms with Crippen LogP contribution in [0.3, 0.4) is 0 Å². The first-order valence-electron chi connectivity index (χ1n) is 9.60. The lowest BCUT2D eigenvalue weighted by molar-refractivity contribution is -0.908. The number of nitrogens with zero attached hydrogens (tertiary/aromatic N) is 2. The van der Waals surface area contributed by atoms with Crippen LogP contribution in [0.15, 0.2) is 40.7 Å². The van der Waals surface area contributed by atoms with Crippen molar-refractivity contribution < 1.29 is 19.2 Å². The molecule has 7 heteroatoms. The molecule has 0 radical (unpaired) electrons. The van der Waals surface area contributed by atoms with E-state index in [1.165, 1.54) is 0 Å². The number of hydrogen-bond donors (Lipinski definition) is 1. The molecular formula is C20H28N3O3S+. The van der Waals surface area contributed by atoms with Crippen LogP contribution < -0.4 is 9.70 Å². The minimum absolute atomic E-state index is 0.186. The molecule has 1 aromatic heterocycles. The smallest absolute Gasteiger partial charge is 0.311 e. The van der Waals surface area contributed by atoms with E-state index >= 15 is 0 Å². The van der Waals surface area contributed by atoms with Crippen molar-refractivity contribution in [3.05, 3.63) is 46.2 Å². The normalized spacial score (nSPS) is 15.8. The molecule has 27 heavy (non-hydrogen) atoms. The van der Waals surface area contributed by atoms with Crippen molar-refractivity contribution in [1.29, 1.82) is 0 Å². The highest BCUT2D eigenvalue weighted by molar-refractivity contribution is 7.07. The van der Waals surface area contributed by atoms with Gasteiger partial charge in [0.05, 0.1) is 38.5 Å². The van der Waals surface area contributed by atoms with E-state index in [-0.39, 0.29) is 5.97 Å². The maximum absolute atomic E-state index is 12.0. The number of carbonyl (C=O) groups excluding carboxylic acids is 1. The first-order valence-corrected chi connectivity index (χ1v) is 10.5. The predicted molar refractivity (Wildman–Crippen MR) is 105 cm³/mol. The van der Waals surface area contributed by atoms with E-state index in [1.54, 1.807) is 16.2 Å². The van der Waals surface area contributed by atoms with Crippen LogP contribution in [0.5, 0.6) is 0 Å². The molecule has 1 N–H and O–H groups in total. The minimum atomic E-state index is -0.186. The van der Waals surface area contributed by atoms with Crippen LogP contribution in [0.1, 0.15) is 19.0 Å². The Kier molecular flexibility index (Phi) is 7.62. The minimum Gasteiger partial charge on any atom is -0.466 e. The Morgan fingerprint density at radius 2 is 2.07 bits per heavy atom. The molecule has 0 amide bonds. The topological polar surface area (TPSA) is 57.3 Å².